The molecule has 1 aliphatic rings. The van der Waals surface area contributed by atoms with Crippen molar-refractivity contribution < 1.29 is 0 Å². The minimum absolute atomic E-state index is 0.766. The van der Waals surface area contributed by atoms with E-state index in [4.69, 9.17) is 5.73 Å². The fraction of sp³-hybridized carbons (Fsp3) is 0.583. The van der Waals surface area contributed by atoms with Gasteiger partial charge in [-0.2, -0.15) is 11.8 Å². The molecule has 94 valence electrons. The predicted molar refractivity (Wildman–Crippen MR) is 79.7 cm³/mol. The molecule has 17 heavy (non-hydrogen) atoms. The van der Waals surface area contributed by atoms with Gasteiger partial charge < -0.3 is 10.6 Å². The molecule has 1 unspecified atom stereocenters. The fourth-order valence-corrected chi connectivity index (χ4v) is 3.32. The van der Waals surface area contributed by atoms with Crippen LogP contribution in [0.1, 0.15) is 19.3 Å². The molecule has 1 aromatic rings. The Morgan fingerprint density at radius 2 is 2.29 bits per heavy atom. The molecule has 2 heterocycles. The lowest BCUT2D eigenvalue weighted by molar-refractivity contribution is 0.745. The molecule has 5 heteroatoms. The molecule has 0 radical (unpaired) electrons. The largest absolute Gasteiger partial charge is 0.396 e. The smallest absolute Gasteiger partial charge is 0.151 e. The number of anilines is 2. The molecule has 0 aromatic carbocycles. The number of rotatable bonds is 2. The summed E-state index contributed by atoms with van der Waals surface area (Å²) < 4.78 is 0.940. The highest BCUT2D eigenvalue weighted by molar-refractivity contribution is 9.10. The maximum absolute atomic E-state index is 6.03. The Labute approximate surface area is 115 Å². The van der Waals surface area contributed by atoms with Crippen LogP contribution in [0.4, 0.5) is 11.5 Å². The van der Waals surface area contributed by atoms with Crippen molar-refractivity contribution in [3.05, 3.63) is 16.7 Å². The number of nitrogen functional groups attached to an aromatic ring is 1. The number of hydrogen-bond acceptors (Lipinski definition) is 4. The average Bonchev–Trinajstić information content (AvgIpc) is 2.54. The summed E-state index contributed by atoms with van der Waals surface area (Å²) in [5, 5.41) is 0.789. The van der Waals surface area contributed by atoms with Crippen LogP contribution in [0.25, 0.3) is 0 Å². The van der Waals surface area contributed by atoms with E-state index < -0.39 is 0 Å². The summed E-state index contributed by atoms with van der Waals surface area (Å²) in [6, 6.07) is 1.93. The Balaban J connectivity index is 2.11. The third-order valence-electron chi connectivity index (χ3n) is 3.17. The molecule has 0 spiro atoms. The van der Waals surface area contributed by atoms with Gasteiger partial charge in [0.15, 0.2) is 5.82 Å². The minimum atomic E-state index is 0.766. The molecular formula is C12H18BrN3S. The van der Waals surface area contributed by atoms with Crippen molar-refractivity contribution in [2.75, 3.05) is 30.0 Å². The van der Waals surface area contributed by atoms with Crippen molar-refractivity contribution in [3.8, 4) is 0 Å². The first-order valence-electron chi connectivity index (χ1n) is 5.89. The van der Waals surface area contributed by atoms with E-state index in [0.717, 1.165) is 34.3 Å². The summed E-state index contributed by atoms with van der Waals surface area (Å²) in [6.45, 7) is 2.13. The molecule has 0 saturated carbocycles. The van der Waals surface area contributed by atoms with E-state index in [0.29, 0.717) is 0 Å². The summed E-state index contributed by atoms with van der Waals surface area (Å²) in [5.41, 5.74) is 6.80. The molecule has 1 saturated heterocycles. The van der Waals surface area contributed by atoms with Gasteiger partial charge in [-0.1, -0.05) is 0 Å². The zero-order chi connectivity index (χ0) is 12.3. The zero-order valence-electron chi connectivity index (χ0n) is 10.0. The lowest BCUT2D eigenvalue weighted by Gasteiger charge is -2.23. The van der Waals surface area contributed by atoms with Crippen LogP contribution in [-0.4, -0.2) is 29.6 Å². The van der Waals surface area contributed by atoms with Crippen molar-refractivity contribution in [1.29, 1.82) is 0 Å². The maximum Gasteiger partial charge on any atom is 0.151 e. The van der Waals surface area contributed by atoms with Gasteiger partial charge in [0, 0.05) is 29.0 Å². The van der Waals surface area contributed by atoms with Crippen LogP contribution in [0.3, 0.4) is 0 Å². The normalized spacial score (nSPS) is 21.3. The standard InChI is InChI=1S/C12H18BrN3S/c1-17-10-3-2-5-16(6-4-10)12-11(14)7-9(13)8-15-12/h7-8,10H,2-6,14H2,1H3. The number of halogens is 1. The quantitative estimate of drug-likeness (QED) is 0.910. The van der Waals surface area contributed by atoms with Crippen molar-refractivity contribution >= 4 is 39.2 Å². The van der Waals surface area contributed by atoms with Gasteiger partial charge in [0.05, 0.1) is 5.69 Å². The molecule has 1 aromatic heterocycles. The van der Waals surface area contributed by atoms with Crippen LogP contribution >= 0.6 is 27.7 Å². The summed E-state index contributed by atoms with van der Waals surface area (Å²) in [7, 11) is 0. The molecule has 1 fully saturated rings. The Morgan fingerprint density at radius 3 is 3.00 bits per heavy atom. The third-order valence-corrected chi connectivity index (χ3v) is 4.74. The van der Waals surface area contributed by atoms with Crippen molar-refractivity contribution in [2.45, 2.75) is 24.5 Å². The SMILES string of the molecule is CSC1CCCN(c2ncc(Br)cc2N)CC1. The number of hydrogen-bond donors (Lipinski definition) is 1. The number of pyridine rings is 1. The molecular weight excluding hydrogens is 298 g/mol. The number of aromatic nitrogens is 1. The van der Waals surface area contributed by atoms with Crippen molar-refractivity contribution in [1.82, 2.24) is 4.98 Å². The van der Waals surface area contributed by atoms with E-state index in [9.17, 15) is 0 Å². The molecule has 0 bridgehead atoms. The Bertz CT molecular complexity index is 386. The molecule has 1 atom stereocenters. The minimum Gasteiger partial charge on any atom is -0.396 e. The van der Waals surface area contributed by atoms with Gasteiger partial charge in [0.1, 0.15) is 0 Å². The van der Waals surface area contributed by atoms with Crippen molar-refractivity contribution in [3.63, 3.8) is 0 Å². The summed E-state index contributed by atoms with van der Waals surface area (Å²) in [4.78, 5) is 6.76. The third kappa shape index (κ3) is 3.28. The van der Waals surface area contributed by atoms with E-state index in [1.54, 1.807) is 0 Å². The van der Waals surface area contributed by atoms with Gasteiger partial charge in [-0.3, -0.25) is 0 Å². The molecule has 0 amide bonds. The lowest BCUT2D eigenvalue weighted by atomic mass is 10.2. The maximum atomic E-state index is 6.03. The summed E-state index contributed by atoms with van der Waals surface area (Å²) in [5.74, 6) is 0.940. The van der Waals surface area contributed by atoms with Gasteiger partial charge >= 0.3 is 0 Å². The van der Waals surface area contributed by atoms with Gasteiger partial charge in [-0.15, -0.1) is 0 Å². The Kier molecular flexibility index (Phi) is 4.56. The topological polar surface area (TPSA) is 42.2 Å². The van der Waals surface area contributed by atoms with Crippen LogP contribution in [0.5, 0.6) is 0 Å². The highest BCUT2D eigenvalue weighted by Crippen LogP contribution is 2.28. The summed E-state index contributed by atoms with van der Waals surface area (Å²) >= 11 is 5.37. The molecule has 3 nitrogen and oxygen atoms in total. The van der Waals surface area contributed by atoms with Gasteiger partial charge in [0.25, 0.3) is 0 Å². The van der Waals surface area contributed by atoms with E-state index in [1.165, 1.54) is 19.3 Å². The van der Waals surface area contributed by atoms with Crippen LogP contribution in [0.2, 0.25) is 0 Å². The predicted octanol–water partition coefficient (Wildman–Crippen LogP) is 3.15. The first kappa shape index (κ1) is 13.0. The first-order chi connectivity index (χ1) is 8.20. The number of nitrogens with zero attached hydrogens (tertiary/aromatic N) is 2. The molecule has 2 N–H and O–H groups in total. The highest BCUT2D eigenvalue weighted by Gasteiger charge is 2.18. The Hall–Kier alpha value is -0.420. The van der Waals surface area contributed by atoms with Gasteiger partial charge in [0.2, 0.25) is 0 Å². The first-order valence-corrected chi connectivity index (χ1v) is 7.97. The average molecular weight is 316 g/mol. The van der Waals surface area contributed by atoms with Crippen LogP contribution < -0.4 is 10.6 Å². The van der Waals surface area contributed by atoms with Gasteiger partial charge in [-0.25, -0.2) is 4.98 Å². The number of nitrogens with two attached hydrogens (primary N) is 1. The highest BCUT2D eigenvalue weighted by atomic mass is 79.9. The van der Waals surface area contributed by atoms with Crippen LogP contribution in [0.15, 0.2) is 16.7 Å². The second kappa shape index (κ2) is 5.96. The zero-order valence-corrected chi connectivity index (χ0v) is 12.4. The van der Waals surface area contributed by atoms with Crippen molar-refractivity contribution in [2.24, 2.45) is 0 Å². The second-order valence-electron chi connectivity index (χ2n) is 4.34. The molecule has 0 aliphatic carbocycles. The van der Waals surface area contributed by atoms with Crippen LogP contribution in [0, 0.1) is 0 Å². The number of thioether (sulfide) groups is 1. The van der Waals surface area contributed by atoms with E-state index in [2.05, 4.69) is 32.1 Å². The molecule has 2 rings (SSSR count). The fourth-order valence-electron chi connectivity index (χ4n) is 2.23. The van der Waals surface area contributed by atoms with E-state index in [-0.39, 0.29) is 0 Å². The van der Waals surface area contributed by atoms with Crippen LogP contribution in [-0.2, 0) is 0 Å². The Morgan fingerprint density at radius 1 is 1.47 bits per heavy atom. The lowest BCUT2D eigenvalue weighted by Crippen LogP contribution is -2.26. The van der Waals surface area contributed by atoms with E-state index >= 15 is 0 Å². The summed E-state index contributed by atoms with van der Waals surface area (Å²) in [6.07, 6.45) is 7.77. The molecule has 1 aliphatic heterocycles. The van der Waals surface area contributed by atoms with Gasteiger partial charge in [-0.05, 0) is 47.5 Å². The van der Waals surface area contributed by atoms with E-state index in [1.807, 2.05) is 24.0 Å². The monoisotopic (exact) mass is 315 g/mol. The second-order valence-corrected chi connectivity index (χ2v) is 6.40.